The summed E-state index contributed by atoms with van der Waals surface area (Å²) in [4.78, 5) is 29.0. The van der Waals surface area contributed by atoms with Crippen LogP contribution in [-0.2, 0) is 0 Å². The number of aromatic nitrogens is 4. The van der Waals surface area contributed by atoms with Gasteiger partial charge in [0.15, 0.2) is 0 Å². The lowest BCUT2D eigenvalue weighted by atomic mass is 10.1. The maximum atomic E-state index is 12.9. The molecule has 3 aromatic heterocycles. The lowest BCUT2D eigenvalue weighted by molar-refractivity contribution is 0.407. The van der Waals surface area contributed by atoms with E-state index in [-0.39, 0.29) is 11.6 Å². The van der Waals surface area contributed by atoms with E-state index in [9.17, 15) is 4.79 Å². The molecule has 1 aliphatic heterocycles. The van der Waals surface area contributed by atoms with Crippen LogP contribution in [0, 0.1) is 0 Å². The molecule has 2 unspecified atom stereocenters. The van der Waals surface area contributed by atoms with E-state index in [0.29, 0.717) is 34.0 Å². The Morgan fingerprint density at radius 2 is 1.84 bits per heavy atom. The molecular weight excluding hydrogens is 470 g/mol. The van der Waals surface area contributed by atoms with Crippen molar-refractivity contribution < 1.29 is 0 Å². The Morgan fingerprint density at radius 1 is 1.09 bits per heavy atom. The van der Waals surface area contributed by atoms with Crippen molar-refractivity contribution in [2.75, 3.05) is 23.3 Å². The van der Waals surface area contributed by atoms with Gasteiger partial charge in [-0.25, -0.2) is 9.97 Å². The Kier molecular flexibility index (Phi) is 5.86. The Labute approximate surface area is 195 Å². The summed E-state index contributed by atoms with van der Waals surface area (Å²) in [6, 6.07) is 6.90. The van der Waals surface area contributed by atoms with Crippen molar-refractivity contribution in [2.24, 2.45) is 0 Å². The molecular formula is C23H28BrN7O. The molecule has 0 spiro atoms. The quantitative estimate of drug-likeness (QED) is 0.563. The molecule has 0 bridgehead atoms. The normalized spacial score (nSPS) is 21.9. The maximum absolute atomic E-state index is 12.9. The smallest absolute Gasteiger partial charge is 0.266 e. The largest absolute Gasteiger partial charge is 0.367 e. The summed E-state index contributed by atoms with van der Waals surface area (Å²) < 4.78 is 2.39. The molecule has 168 valence electrons. The average Bonchev–Trinajstić information content (AvgIpc) is 3.29. The first kappa shape index (κ1) is 21.3. The van der Waals surface area contributed by atoms with Crippen LogP contribution >= 0.6 is 15.9 Å². The van der Waals surface area contributed by atoms with Crippen molar-refractivity contribution in [3.05, 3.63) is 45.4 Å². The molecule has 0 aromatic carbocycles. The molecule has 32 heavy (non-hydrogen) atoms. The minimum atomic E-state index is -0.0315. The number of pyridine rings is 2. The summed E-state index contributed by atoms with van der Waals surface area (Å²) in [5, 5.41) is 7.60. The molecule has 8 nitrogen and oxygen atoms in total. The maximum Gasteiger partial charge on any atom is 0.266 e. The van der Waals surface area contributed by atoms with Gasteiger partial charge in [0.2, 0.25) is 5.95 Å². The van der Waals surface area contributed by atoms with Gasteiger partial charge in [0.05, 0.1) is 16.4 Å². The lowest BCUT2D eigenvalue weighted by Gasteiger charge is -2.37. The fourth-order valence-corrected chi connectivity index (χ4v) is 5.38. The zero-order chi connectivity index (χ0) is 22.2. The van der Waals surface area contributed by atoms with Gasteiger partial charge in [0.1, 0.15) is 11.5 Å². The molecule has 1 saturated carbocycles. The second-order valence-corrected chi connectivity index (χ2v) is 9.83. The lowest BCUT2D eigenvalue weighted by Crippen LogP contribution is -2.54. The highest BCUT2D eigenvalue weighted by Crippen LogP contribution is 2.31. The van der Waals surface area contributed by atoms with Gasteiger partial charge in [-0.2, -0.15) is 4.98 Å². The van der Waals surface area contributed by atoms with E-state index < -0.39 is 0 Å². The molecule has 2 atom stereocenters. The highest BCUT2D eigenvalue weighted by Gasteiger charge is 2.23. The number of fused-ring (bicyclic) bond motifs is 1. The summed E-state index contributed by atoms with van der Waals surface area (Å²) in [5.41, 5.74) is 1.74. The monoisotopic (exact) mass is 497 g/mol. The zero-order valence-corrected chi connectivity index (χ0v) is 20.0. The van der Waals surface area contributed by atoms with Crippen LogP contribution in [0.1, 0.15) is 45.6 Å². The average molecular weight is 498 g/mol. The summed E-state index contributed by atoms with van der Waals surface area (Å²) in [5.74, 6) is 1.12. The molecule has 1 aliphatic carbocycles. The Hall–Kier alpha value is -2.52. The van der Waals surface area contributed by atoms with Crippen LogP contribution in [-0.4, -0.2) is 44.7 Å². The van der Waals surface area contributed by atoms with Crippen molar-refractivity contribution in [3.63, 3.8) is 0 Å². The van der Waals surface area contributed by atoms with Crippen LogP contribution in [0.3, 0.4) is 0 Å². The Balaban J connectivity index is 1.41. The molecule has 2 N–H and O–H groups in total. The molecule has 0 radical (unpaired) electrons. The van der Waals surface area contributed by atoms with E-state index in [4.69, 9.17) is 4.98 Å². The number of rotatable bonds is 4. The predicted octanol–water partition coefficient (Wildman–Crippen LogP) is 3.99. The van der Waals surface area contributed by atoms with Crippen molar-refractivity contribution in [2.45, 2.75) is 57.7 Å². The molecule has 0 amide bonds. The van der Waals surface area contributed by atoms with Crippen LogP contribution in [0.2, 0.25) is 0 Å². The summed E-state index contributed by atoms with van der Waals surface area (Å²) in [6.07, 6.45) is 7.94. The summed E-state index contributed by atoms with van der Waals surface area (Å²) in [7, 11) is 0. The van der Waals surface area contributed by atoms with Gasteiger partial charge in [0, 0.05) is 42.8 Å². The first-order valence-electron chi connectivity index (χ1n) is 11.3. The van der Waals surface area contributed by atoms with E-state index in [1.54, 1.807) is 12.3 Å². The van der Waals surface area contributed by atoms with Crippen LogP contribution in [0.25, 0.3) is 11.0 Å². The summed E-state index contributed by atoms with van der Waals surface area (Å²) in [6.45, 7) is 6.32. The van der Waals surface area contributed by atoms with Crippen LogP contribution in [0.15, 0.2) is 39.9 Å². The fourth-order valence-electron chi connectivity index (χ4n) is 4.95. The number of hydrogen-bond donors (Lipinski definition) is 2. The first-order chi connectivity index (χ1) is 15.5. The van der Waals surface area contributed by atoms with E-state index in [0.717, 1.165) is 49.8 Å². The molecule has 1 saturated heterocycles. The summed E-state index contributed by atoms with van der Waals surface area (Å²) >= 11 is 3.41. The minimum Gasteiger partial charge on any atom is -0.367 e. The molecule has 9 heteroatoms. The Bertz CT molecular complexity index is 1160. The highest BCUT2D eigenvalue weighted by molar-refractivity contribution is 9.10. The number of halogens is 1. The second-order valence-electron chi connectivity index (χ2n) is 8.98. The van der Waals surface area contributed by atoms with Gasteiger partial charge in [-0.1, -0.05) is 12.8 Å². The van der Waals surface area contributed by atoms with Crippen LogP contribution in [0.5, 0.6) is 0 Å². The number of nitrogens with one attached hydrogen (secondary N) is 2. The van der Waals surface area contributed by atoms with Gasteiger partial charge in [-0.3, -0.25) is 9.36 Å². The van der Waals surface area contributed by atoms with Crippen molar-refractivity contribution >= 4 is 44.4 Å². The number of hydrogen-bond acceptors (Lipinski definition) is 7. The SMILES string of the molecule is CC1CN(c2ccc(Nc3ncc4cc(Br)c(=O)n(C5CCCC5)c4n3)nc2)CC(C)N1. The molecule has 4 heterocycles. The fraction of sp³-hybridized carbons (Fsp3) is 0.478. The van der Waals surface area contributed by atoms with Crippen LogP contribution in [0.4, 0.5) is 17.5 Å². The van der Waals surface area contributed by atoms with E-state index in [2.05, 4.69) is 61.3 Å². The Morgan fingerprint density at radius 3 is 2.53 bits per heavy atom. The van der Waals surface area contributed by atoms with E-state index >= 15 is 0 Å². The van der Waals surface area contributed by atoms with E-state index in [1.165, 1.54) is 0 Å². The third-order valence-corrected chi connectivity index (χ3v) is 6.90. The second kappa shape index (κ2) is 8.78. The van der Waals surface area contributed by atoms with Gasteiger partial charge in [-0.05, 0) is 60.8 Å². The molecule has 2 aliphatic rings. The third-order valence-electron chi connectivity index (χ3n) is 6.33. The van der Waals surface area contributed by atoms with Crippen molar-refractivity contribution in [3.8, 4) is 0 Å². The van der Waals surface area contributed by atoms with Gasteiger partial charge >= 0.3 is 0 Å². The molecule has 2 fully saturated rings. The standard InChI is InChI=1S/C23H28BrN7O/c1-14-12-30(13-15(2)27-14)18-7-8-20(25-11-18)28-23-26-10-16-9-19(24)22(32)31(21(16)29-23)17-5-3-4-6-17/h7-11,14-15,17,27H,3-6,12-13H2,1-2H3,(H,25,26,28,29). The topological polar surface area (TPSA) is 88.0 Å². The molecule has 3 aromatic rings. The molecule has 5 rings (SSSR count). The minimum absolute atomic E-state index is 0.0315. The van der Waals surface area contributed by atoms with Crippen LogP contribution < -0.4 is 21.1 Å². The van der Waals surface area contributed by atoms with Crippen molar-refractivity contribution in [1.82, 2.24) is 24.8 Å². The van der Waals surface area contributed by atoms with Gasteiger partial charge in [-0.15, -0.1) is 0 Å². The zero-order valence-electron chi connectivity index (χ0n) is 18.4. The van der Waals surface area contributed by atoms with Gasteiger partial charge in [0.25, 0.3) is 5.56 Å². The third kappa shape index (κ3) is 4.23. The van der Waals surface area contributed by atoms with Crippen molar-refractivity contribution in [1.29, 1.82) is 0 Å². The van der Waals surface area contributed by atoms with Gasteiger partial charge < -0.3 is 15.5 Å². The number of piperazine rings is 1. The predicted molar refractivity (Wildman–Crippen MR) is 131 cm³/mol. The highest BCUT2D eigenvalue weighted by atomic mass is 79.9. The number of anilines is 3. The van der Waals surface area contributed by atoms with E-state index in [1.807, 2.05) is 16.8 Å². The first-order valence-corrected chi connectivity index (χ1v) is 12.1. The number of nitrogens with zero attached hydrogens (tertiary/aromatic N) is 5.